The predicted octanol–water partition coefficient (Wildman–Crippen LogP) is 1.52. The normalized spacial score (nSPS) is 17.7. The molecule has 20 heavy (non-hydrogen) atoms. The molecule has 1 aromatic rings. The Morgan fingerprint density at radius 2 is 2.00 bits per heavy atom. The molecule has 0 saturated carbocycles. The highest BCUT2D eigenvalue weighted by molar-refractivity contribution is 5.94. The van der Waals surface area contributed by atoms with Crippen molar-refractivity contribution < 1.29 is 13.9 Å². The Labute approximate surface area is 118 Å². The van der Waals surface area contributed by atoms with Crippen molar-refractivity contribution >= 4 is 5.91 Å². The summed E-state index contributed by atoms with van der Waals surface area (Å²) in [6, 6.07) is 5.59. The van der Waals surface area contributed by atoms with Crippen LogP contribution in [0.4, 0.5) is 4.39 Å². The van der Waals surface area contributed by atoms with Gasteiger partial charge in [-0.2, -0.15) is 0 Å². The van der Waals surface area contributed by atoms with E-state index in [2.05, 4.69) is 17.1 Å². The van der Waals surface area contributed by atoms with E-state index in [4.69, 9.17) is 4.74 Å². The first-order chi connectivity index (χ1) is 9.65. The van der Waals surface area contributed by atoms with E-state index in [9.17, 15) is 9.18 Å². The highest BCUT2D eigenvalue weighted by Gasteiger charge is 2.14. The van der Waals surface area contributed by atoms with Crippen LogP contribution in [0.1, 0.15) is 17.3 Å². The molecule has 1 N–H and O–H groups in total. The van der Waals surface area contributed by atoms with E-state index in [1.165, 1.54) is 24.3 Å². The number of carbonyl (C=O) groups excluding carboxylic acids is 1. The SMILES string of the molecule is CC(CNC(=O)c1ccc(F)cc1)CN1CCOCC1. The number of halogens is 1. The molecule has 1 aromatic carbocycles. The number of benzene rings is 1. The lowest BCUT2D eigenvalue weighted by Gasteiger charge is -2.29. The lowest BCUT2D eigenvalue weighted by molar-refractivity contribution is 0.0317. The third-order valence-corrected chi connectivity index (χ3v) is 3.39. The maximum Gasteiger partial charge on any atom is 0.251 e. The molecule has 1 unspecified atom stereocenters. The summed E-state index contributed by atoms with van der Waals surface area (Å²) in [6.07, 6.45) is 0. The molecule has 0 radical (unpaired) electrons. The summed E-state index contributed by atoms with van der Waals surface area (Å²) in [5.74, 6) is -0.112. The smallest absolute Gasteiger partial charge is 0.251 e. The van der Waals surface area contributed by atoms with Crippen molar-refractivity contribution in [3.8, 4) is 0 Å². The van der Waals surface area contributed by atoms with Crippen molar-refractivity contribution in [3.05, 3.63) is 35.6 Å². The van der Waals surface area contributed by atoms with E-state index >= 15 is 0 Å². The highest BCUT2D eigenvalue weighted by Crippen LogP contribution is 2.05. The first-order valence-electron chi connectivity index (χ1n) is 6.99. The van der Waals surface area contributed by atoms with E-state index in [1.54, 1.807) is 0 Å². The summed E-state index contributed by atoms with van der Waals surface area (Å²) in [5, 5.41) is 2.89. The number of hydrogen-bond donors (Lipinski definition) is 1. The van der Waals surface area contributed by atoms with Gasteiger partial charge in [0.25, 0.3) is 5.91 Å². The van der Waals surface area contributed by atoms with Gasteiger partial charge >= 0.3 is 0 Å². The van der Waals surface area contributed by atoms with Gasteiger partial charge in [-0.25, -0.2) is 4.39 Å². The number of nitrogens with zero attached hydrogens (tertiary/aromatic N) is 1. The van der Waals surface area contributed by atoms with E-state index < -0.39 is 0 Å². The van der Waals surface area contributed by atoms with Crippen LogP contribution in [-0.4, -0.2) is 50.2 Å². The van der Waals surface area contributed by atoms with Gasteiger partial charge in [-0.1, -0.05) is 6.92 Å². The average Bonchev–Trinajstić information content (AvgIpc) is 2.46. The van der Waals surface area contributed by atoms with E-state index in [0.29, 0.717) is 18.0 Å². The zero-order valence-corrected chi connectivity index (χ0v) is 11.8. The molecular weight excluding hydrogens is 259 g/mol. The first-order valence-corrected chi connectivity index (χ1v) is 6.99. The molecule has 5 heteroatoms. The third-order valence-electron chi connectivity index (χ3n) is 3.39. The molecule has 0 bridgehead atoms. The van der Waals surface area contributed by atoms with Crippen molar-refractivity contribution in [2.24, 2.45) is 5.92 Å². The fraction of sp³-hybridized carbons (Fsp3) is 0.533. The largest absolute Gasteiger partial charge is 0.379 e. The van der Waals surface area contributed by atoms with Crippen LogP contribution in [0.25, 0.3) is 0 Å². The van der Waals surface area contributed by atoms with Crippen molar-refractivity contribution in [1.29, 1.82) is 0 Å². The molecule has 1 amide bonds. The molecule has 0 aromatic heterocycles. The quantitative estimate of drug-likeness (QED) is 0.889. The van der Waals surface area contributed by atoms with Crippen LogP contribution in [0.15, 0.2) is 24.3 Å². The Kier molecular flexibility index (Phi) is 5.49. The molecule has 0 aliphatic carbocycles. The Hall–Kier alpha value is -1.46. The summed E-state index contributed by atoms with van der Waals surface area (Å²) in [6.45, 7) is 7.16. The highest BCUT2D eigenvalue weighted by atomic mass is 19.1. The molecule has 1 aliphatic rings. The second kappa shape index (κ2) is 7.36. The molecule has 1 atom stereocenters. The van der Waals surface area contributed by atoms with E-state index in [-0.39, 0.29) is 11.7 Å². The third kappa shape index (κ3) is 4.58. The summed E-state index contributed by atoms with van der Waals surface area (Å²) in [5.41, 5.74) is 0.491. The maximum absolute atomic E-state index is 12.8. The van der Waals surface area contributed by atoms with Crippen LogP contribution in [0.3, 0.4) is 0 Å². The molecule has 1 heterocycles. The van der Waals surface area contributed by atoms with Gasteiger partial charge in [-0.15, -0.1) is 0 Å². The molecule has 1 saturated heterocycles. The number of nitrogens with one attached hydrogen (secondary N) is 1. The van der Waals surface area contributed by atoms with Crippen molar-refractivity contribution in [2.45, 2.75) is 6.92 Å². The number of ether oxygens (including phenoxy) is 1. The van der Waals surface area contributed by atoms with Crippen LogP contribution in [0.2, 0.25) is 0 Å². The monoisotopic (exact) mass is 280 g/mol. The topological polar surface area (TPSA) is 41.6 Å². The second-order valence-corrected chi connectivity index (χ2v) is 5.24. The Bertz CT molecular complexity index is 430. The average molecular weight is 280 g/mol. The molecule has 1 aliphatic heterocycles. The van der Waals surface area contributed by atoms with Crippen LogP contribution < -0.4 is 5.32 Å². The van der Waals surface area contributed by atoms with Crippen molar-refractivity contribution in [1.82, 2.24) is 10.2 Å². The molecular formula is C15H21FN2O2. The number of amides is 1. The lowest BCUT2D eigenvalue weighted by Crippen LogP contribution is -2.41. The van der Waals surface area contributed by atoms with Crippen LogP contribution >= 0.6 is 0 Å². The minimum atomic E-state index is -0.331. The summed E-state index contributed by atoms with van der Waals surface area (Å²) in [4.78, 5) is 14.2. The fourth-order valence-electron chi connectivity index (χ4n) is 2.26. The summed E-state index contributed by atoms with van der Waals surface area (Å²) >= 11 is 0. The second-order valence-electron chi connectivity index (χ2n) is 5.24. The van der Waals surface area contributed by atoms with E-state index in [0.717, 1.165) is 32.8 Å². The Morgan fingerprint density at radius 3 is 2.65 bits per heavy atom. The molecule has 0 spiro atoms. The van der Waals surface area contributed by atoms with Crippen molar-refractivity contribution in [2.75, 3.05) is 39.4 Å². The number of hydrogen-bond acceptors (Lipinski definition) is 3. The number of carbonyl (C=O) groups is 1. The lowest BCUT2D eigenvalue weighted by atomic mass is 10.1. The van der Waals surface area contributed by atoms with E-state index in [1.807, 2.05) is 0 Å². The zero-order valence-electron chi connectivity index (χ0n) is 11.8. The predicted molar refractivity (Wildman–Crippen MR) is 75.2 cm³/mol. The minimum absolute atomic E-state index is 0.154. The number of morpholine rings is 1. The van der Waals surface area contributed by atoms with Gasteiger partial charge in [0, 0.05) is 31.7 Å². The minimum Gasteiger partial charge on any atom is -0.379 e. The van der Waals surface area contributed by atoms with Crippen LogP contribution in [0, 0.1) is 11.7 Å². The van der Waals surface area contributed by atoms with Gasteiger partial charge in [0.15, 0.2) is 0 Å². The standard InChI is InChI=1S/C15H21FN2O2/c1-12(11-18-6-8-20-9-7-18)10-17-15(19)13-2-4-14(16)5-3-13/h2-5,12H,6-11H2,1H3,(H,17,19). The van der Waals surface area contributed by atoms with Gasteiger partial charge < -0.3 is 10.1 Å². The number of rotatable bonds is 5. The van der Waals surface area contributed by atoms with Crippen molar-refractivity contribution in [3.63, 3.8) is 0 Å². The first kappa shape index (κ1) is 14.9. The van der Waals surface area contributed by atoms with Gasteiger partial charge in [0.05, 0.1) is 13.2 Å². The zero-order chi connectivity index (χ0) is 14.4. The molecule has 4 nitrogen and oxygen atoms in total. The van der Waals surface area contributed by atoms with Gasteiger partial charge in [-0.3, -0.25) is 9.69 Å². The van der Waals surface area contributed by atoms with Gasteiger partial charge in [0.2, 0.25) is 0 Å². The Morgan fingerprint density at radius 1 is 1.35 bits per heavy atom. The van der Waals surface area contributed by atoms with Gasteiger partial charge in [-0.05, 0) is 30.2 Å². The van der Waals surface area contributed by atoms with Crippen LogP contribution in [0.5, 0.6) is 0 Å². The Balaban J connectivity index is 1.73. The fourth-order valence-corrected chi connectivity index (χ4v) is 2.26. The van der Waals surface area contributed by atoms with Gasteiger partial charge in [0.1, 0.15) is 5.82 Å². The summed E-state index contributed by atoms with van der Waals surface area (Å²) in [7, 11) is 0. The van der Waals surface area contributed by atoms with Crippen LogP contribution in [-0.2, 0) is 4.74 Å². The summed E-state index contributed by atoms with van der Waals surface area (Å²) < 4.78 is 18.1. The maximum atomic E-state index is 12.8. The molecule has 1 fully saturated rings. The molecule has 110 valence electrons. The molecule has 2 rings (SSSR count).